The molecule has 0 aromatic heterocycles. The number of nitrogen functional groups attached to an aromatic ring is 1. The zero-order chi connectivity index (χ0) is 15.4. The Morgan fingerprint density at radius 3 is 2.67 bits per heavy atom. The summed E-state index contributed by atoms with van der Waals surface area (Å²) < 4.78 is 6.13. The first-order chi connectivity index (χ1) is 10.0. The molecule has 1 aromatic carbocycles. The monoisotopic (exact) mass is 290 g/mol. The van der Waals surface area contributed by atoms with Crippen LogP contribution in [0.1, 0.15) is 49.4 Å². The van der Waals surface area contributed by atoms with Crippen molar-refractivity contribution in [3.63, 3.8) is 0 Å². The lowest BCUT2D eigenvalue weighted by Crippen LogP contribution is -2.30. The number of anilines is 1. The van der Waals surface area contributed by atoms with Crippen molar-refractivity contribution < 1.29 is 9.53 Å². The van der Waals surface area contributed by atoms with Crippen molar-refractivity contribution in [2.75, 3.05) is 19.8 Å². The molecule has 0 saturated heterocycles. The number of nitrogens with two attached hydrogens (primary N) is 1. The molecule has 4 nitrogen and oxygen atoms in total. The number of amides is 1. The lowest BCUT2D eigenvalue weighted by Gasteiger charge is -2.31. The fourth-order valence-electron chi connectivity index (χ4n) is 3.01. The molecule has 0 aliphatic heterocycles. The first-order valence-corrected chi connectivity index (χ1v) is 7.80. The normalized spacial score (nSPS) is 21.9. The minimum absolute atomic E-state index is 0.0441. The maximum Gasteiger partial charge on any atom is 0.253 e. The van der Waals surface area contributed by atoms with Gasteiger partial charge >= 0.3 is 0 Å². The number of hydrogen-bond acceptors (Lipinski definition) is 3. The molecule has 1 fully saturated rings. The summed E-state index contributed by atoms with van der Waals surface area (Å²) in [6.07, 6.45) is 6.24. The van der Waals surface area contributed by atoms with Gasteiger partial charge in [0.25, 0.3) is 5.91 Å². The largest absolute Gasteiger partial charge is 0.488 e. The van der Waals surface area contributed by atoms with Crippen molar-refractivity contribution in [1.82, 2.24) is 4.90 Å². The molecule has 0 heterocycles. The van der Waals surface area contributed by atoms with Gasteiger partial charge in [0.1, 0.15) is 11.9 Å². The van der Waals surface area contributed by atoms with Crippen molar-refractivity contribution in [3.05, 3.63) is 23.8 Å². The lowest BCUT2D eigenvalue weighted by molar-refractivity contribution is 0.0826. The molecular weight excluding hydrogens is 264 g/mol. The van der Waals surface area contributed by atoms with Gasteiger partial charge in [-0.15, -0.1) is 0 Å². The standard InChI is InChI=1S/C17H26N2O2/c1-4-12-7-5-6-8-15(12)21-16-10-9-13(11-14(16)18)17(20)19(2)3/h9-12,15H,4-8,18H2,1-3H3. The average molecular weight is 290 g/mol. The molecular formula is C17H26N2O2. The van der Waals surface area contributed by atoms with Crippen molar-refractivity contribution in [2.45, 2.75) is 45.1 Å². The maximum absolute atomic E-state index is 11.9. The number of nitrogens with zero attached hydrogens (tertiary/aromatic N) is 1. The third-order valence-corrected chi connectivity index (χ3v) is 4.30. The van der Waals surface area contributed by atoms with E-state index in [9.17, 15) is 4.79 Å². The smallest absolute Gasteiger partial charge is 0.253 e. The van der Waals surface area contributed by atoms with Crippen LogP contribution in [0.25, 0.3) is 0 Å². The molecule has 21 heavy (non-hydrogen) atoms. The summed E-state index contributed by atoms with van der Waals surface area (Å²) >= 11 is 0. The van der Waals surface area contributed by atoms with E-state index in [1.165, 1.54) is 19.3 Å². The number of carbonyl (C=O) groups is 1. The topological polar surface area (TPSA) is 55.6 Å². The van der Waals surface area contributed by atoms with E-state index >= 15 is 0 Å². The molecule has 2 atom stereocenters. The summed E-state index contributed by atoms with van der Waals surface area (Å²) in [5, 5.41) is 0. The Morgan fingerprint density at radius 1 is 1.33 bits per heavy atom. The quantitative estimate of drug-likeness (QED) is 0.865. The summed E-state index contributed by atoms with van der Waals surface area (Å²) in [5.74, 6) is 1.27. The second-order valence-corrected chi connectivity index (χ2v) is 6.06. The zero-order valence-corrected chi connectivity index (χ0v) is 13.3. The highest BCUT2D eigenvalue weighted by Crippen LogP contribution is 2.33. The van der Waals surface area contributed by atoms with E-state index in [-0.39, 0.29) is 12.0 Å². The van der Waals surface area contributed by atoms with E-state index in [2.05, 4.69) is 6.92 Å². The van der Waals surface area contributed by atoms with Gasteiger partial charge in [-0.3, -0.25) is 4.79 Å². The van der Waals surface area contributed by atoms with Crippen LogP contribution in [-0.4, -0.2) is 31.0 Å². The second kappa shape index (κ2) is 6.83. The van der Waals surface area contributed by atoms with Crippen molar-refractivity contribution in [1.29, 1.82) is 0 Å². The Kier molecular flexibility index (Phi) is 5.10. The van der Waals surface area contributed by atoms with Crippen LogP contribution in [0.3, 0.4) is 0 Å². The lowest BCUT2D eigenvalue weighted by atomic mass is 9.85. The van der Waals surface area contributed by atoms with Gasteiger partial charge in [0.05, 0.1) is 5.69 Å². The van der Waals surface area contributed by atoms with Crippen LogP contribution in [0.4, 0.5) is 5.69 Å². The van der Waals surface area contributed by atoms with Gasteiger partial charge in [0.2, 0.25) is 0 Å². The fourth-order valence-corrected chi connectivity index (χ4v) is 3.01. The third kappa shape index (κ3) is 3.69. The van der Waals surface area contributed by atoms with Crippen LogP contribution >= 0.6 is 0 Å². The molecule has 116 valence electrons. The Labute approximate surface area is 127 Å². The van der Waals surface area contributed by atoms with Gasteiger partial charge < -0.3 is 15.4 Å². The molecule has 1 aliphatic carbocycles. The van der Waals surface area contributed by atoms with E-state index in [0.29, 0.717) is 22.9 Å². The number of carbonyl (C=O) groups excluding carboxylic acids is 1. The van der Waals surface area contributed by atoms with Crippen LogP contribution in [0, 0.1) is 5.92 Å². The summed E-state index contributed by atoms with van der Waals surface area (Å²) in [5.41, 5.74) is 7.21. The van der Waals surface area contributed by atoms with Crippen LogP contribution in [0.5, 0.6) is 5.75 Å². The molecule has 4 heteroatoms. The number of benzene rings is 1. The van der Waals surface area contributed by atoms with Crippen molar-refractivity contribution in [2.24, 2.45) is 5.92 Å². The van der Waals surface area contributed by atoms with Gasteiger partial charge in [-0.1, -0.05) is 13.3 Å². The second-order valence-electron chi connectivity index (χ2n) is 6.06. The molecule has 2 rings (SSSR count). The molecule has 1 saturated carbocycles. The number of ether oxygens (including phenoxy) is 1. The Hall–Kier alpha value is -1.71. The highest BCUT2D eigenvalue weighted by Gasteiger charge is 2.26. The molecule has 0 bridgehead atoms. The van der Waals surface area contributed by atoms with Crippen LogP contribution in [-0.2, 0) is 0 Å². The first kappa shape index (κ1) is 15.7. The van der Waals surface area contributed by atoms with E-state index in [0.717, 1.165) is 12.8 Å². The fraction of sp³-hybridized carbons (Fsp3) is 0.588. The average Bonchev–Trinajstić information content (AvgIpc) is 2.49. The summed E-state index contributed by atoms with van der Waals surface area (Å²) in [7, 11) is 3.47. The van der Waals surface area contributed by atoms with Crippen molar-refractivity contribution in [3.8, 4) is 5.75 Å². The minimum atomic E-state index is -0.0441. The Morgan fingerprint density at radius 2 is 2.05 bits per heavy atom. The zero-order valence-electron chi connectivity index (χ0n) is 13.3. The molecule has 2 N–H and O–H groups in total. The Balaban J connectivity index is 2.12. The van der Waals surface area contributed by atoms with E-state index < -0.39 is 0 Å². The summed E-state index contributed by atoms with van der Waals surface area (Å²) in [4.78, 5) is 13.5. The van der Waals surface area contributed by atoms with Gasteiger partial charge in [-0.25, -0.2) is 0 Å². The molecule has 1 aliphatic rings. The van der Waals surface area contributed by atoms with E-state index in [4.69, 9.17) is 10.5 Å². The van der Waals surface area contributed by atoms with Crippen LogP contribution in [0.2, 0.25) is 0 Å². The Bertz CT molecular complexity index is 500. The van der Waals surface area contributed by atoms with Crippen LogP contribution in [0.15, 0.2) is 18.2 Å². The van der Waals surface area contributed by atoms with E-state index in [1.54, 1.807) is 31.1 Å². The molecule has 1 amide bonds. The molecule has 1 aromatic rings. The summed E-state index contributed by atoms with van der Waals surface area (Å²) in [6.45, 7) is 2.22. The van der Waals surface area contributed by atoms with E-state index in [1.807, 2.05) is 6.07 Å². The van der Waals surface area contributed by atoms with Gasteiger partial charge in [-0.05, 0) is 49.8 Å². The molecule has 2 unspecified atom stereocenters. The summed E-state index contributed by atoms with van der Waals surface area (Å²) in [6, 6.07) is 5.33. The number of rotatable bonds is 4. The third-order valence-electron chi connectivity index (χ3n) is 4.30. The van der Waals surface area contributed by atoms with Crippen LogP contribution < -0.4 is 10.5 Å². The number of hydrogen-bond donors (Lipinski definition) is 1. The molecule has 0 spiro atoms. The molecule has 0 radical (unpaired) electrons. The predicted octanol–water partition coefficient (Wildman–Crippen LogP) is 3.32. The SMILES string of the molecule is CCC1CCCCC1Oc1ccc(C(=O)N(C)C)cc1N. The van der Waals surface area contributed by atoms with Crippen molar-refractivity contribution >= 4 is 11.6 Å². The first-order valence-electron chi connectivity index (χ1n) is 7.80. The highest BCUT2D eigenvalue weighted by atomic mass is 16.5. The maximum atomic E-state index is 11.9. The minimum Gasteiger partial charge on any atom is -0.488 e. The van der Waals surface area contributed by atoms with Gasteiger partial charge in [0, 0.05) is 19.7 Å². The highest BCUT2D eigenvalue weighted by molar-refractivity contribution is 5.95. The predicted molar refractivity (Wildman–Crippen MR) is 85.5 cm³/mol. The van der Waals surface area contributed by atoms with Gasteiger partial charge in [0.15, 0.2) is 0 Å². The van der Waals surface area contributed by atoms with Gasteiger partial charge in [-0.2, -0.15) is 0 Å².